The maximum atomic E-state index is 13.1. The maximum Gasteiger partial charge on any atom is 0.416 e. The molecule has 0 N–H and O–H groups in total. The van der Waals surface area contributed by atoms with Crippen molar-refractivity contribution in [3.8, 4) is 5.75 Å². The zero-order valence-corrected chi connectivity index (χ0v) is 19.9. The Morgan fingerprint density at radius 1 is 0.943 bits per heavy atom. The van der Waals surface area contributed by atoms with Gasteiger partial charge in [-0.05, 0) is 49.8 Å². The first-order chi connectivity index (χ1) is 16.7. The first-order valence-electron chi connectivity index (χ1n) is 11.3. The van der Waals surface area contributed by atoms with Crippen LogP contribution in [0.25, 0.3) is 0 Å². The summed E-state index contributed by atoms with van der Waals surface area (Å²) in [5.74, 6) is -0.563. The molecule has 35 heavy (non-hydrogen) atoms. The van der Waals surface area contributed by atoms with E-state index in [1.54, 1.807) is 9.80 Å². The molecule has 0 atom stereocenters. The van der Waals surface area contributed by atoms with Gasteiger partial charge in [0.05, 0.1) is 5.56 Å². The van der Waals surface area contributed by atoms with E-state index in [1.807, 2.05) is 31.3 Å². The number of carbonyl (C=O) groups is 2. The fraction of sp³-hybridized carbons (Fsp3) is 0.440. The summed E-state index contributed by atoms with van der Waals surface area (Å²) in [7, 11) is 3.41. The highest BCUT2D eigenvalue weighted by Crippen LogP contribution is 2.31. The molecular formula is C25H30F3N3O4. The monoisotopic (exact) mass is 493 g/mol. The van der Waals surface area contributed by atoms with Gasteiger partial charge in [-0.25, -0.2) is 0 Å². The number of nitrogens with zero attached hydrogens (tertiary/aromatic N) is 3. The standard InChI is InChI=1S/C25H30F3N3O4/c1-29-11-6-12-31(24(33)17-34-2)22-10-4-3-7-19(22)16-30(14-13-29)23(32)18-35-21-9-5-8-20(15-21)25(26,27)28/h3-5,7-10,15H,6,11-14,16-18H2,1-2H3. The summed E-state index contributed by atoms with van der Waals surface area (Å²) in [6.07, 6.45) is -3.75. The van der Waals surface area contributed by atoms with Crippen molar-refractivity contribution in [2.45, 2.75) is 19.1 Å². The van der Waals surface area contributed by atoms with Gasteiger partial charge in [0.25, 0.3) is 11.8 Å². The minimum atomic E-state index is -4.50. The fourth-order valence-corrected chi connectivity index (χ4v) is 3.89. The van der Waals surface area contributed by atoms with Gasteiger partial charge in [0.1, 0.15) is 12.4 Å². The van der Waals surface area contributed by atoms with E-state index in [9.17, 15) is 22.8 Å². The van der Waals surface area contributed by atoms with Crippen LogP contribution in [0.4, 0.5) is 18.9 Å². The predicted molar refractivity (Wildman–Crippen MR) is 125 cm³/mol. The number of likely N-dealkylation sites (N-methyl/N-ethyl adjacent to an activating group) is 1. The normalized spacial score (nSPS) is 15.8. The second-order valence-electron chi connectivity index (χ2n) is 8.39. The number of hydrogen-bond acceptors (Lipinski definition) is 5. The third-order valence-electron chi connectivity index (χ3n) is 5.76. The Balaban J connectivity index is 1.81. The Bertz CT molecular complexity index is 1020. The van der Waals surface area contributed by atoms with Crippen LogP contribution in [0.15, 0.2) is 48.5 Å². The second kappa shape index (κ2) is 12.0. The van der Waals surface area contributed by atoms with Crippen molar-refractivity contribution in [1.82, 2.24) is 9.80 Å². The number of para-hydroxylation sites is 1. The highest BCUT2D eigenvalue weighted by molar-refractivity contribution is 5.95. The number of rotatable bonds is 5. The summed E-state index contributed by atoms with van der Waals surface area (Å²) in [6, 6.07) is 11.8. The SMILES string of the molecule is COCC(=O)N1CCCN(C)CCN(C(=O)COc2cccc(C(F)(F)F)c2)Cc2ccccc21. The number of methoxy groups -OCH3 is 1. The van der Waals surface area contributed by atoms with Crippen LogP contribution in [0.5, 0.6) is 5.75 Å². The highest BCUT2D eigenvalue weighted by atomic mass is 19.4. The van der Waals surface area contributed by atoms with Crippen molar-refractivity contribution in [3.05, 3.63) is 59.7 Å². The van der Waals surface area contributed by atoms with Gasteiger partial charge in [0.2, 0.25) is 0 Å². The van der Waals surface area contributed by atoms with Gasteiger partial charge < -0.3 is 24.2 Å². The van der Waals surface area contributed by atoms with Crippen molar-refractivity contribution in [1.29, 1.82) is 0 Å². The molecule has 0 aliphatic carbocycles. The number of ether oxygens (including phenoxy) is 2. The number of hydrogen-bond donors (Lipinski definition) is 0. The average molecular weight is 494 g/mol. The summed E-state index contributed by atoms with van der Waals surface area (Å²) in [6.45, 7) is 2.01. The third-order valence-corrected chi connectivity index (χ3v) is 5.76. The third kappa shape index (κ3) is 7.43. The Hall–Kier alpha value is -3.11. The molecule has 190 valence electrons. The molecule has 3 rings (SSSR count). The van der Waals surface area contributed by atoms with Gasteiger partial charge in [0.15, 0.2) is 6.61 Å². The average Bonchev–Trinajstić information content (AvgIpc) is 2.86. The van der Waals surface area contributed by atoms with Gasteiger partial charge in [-0.1, -0.05) is 24.3 Å². The number of amides is 2. The molecule has 2 amide bonds. The molecule has 0 saturated heterocycles. The Labute approximate surface area is 203 Å². The minimum absolute atomic E-state index is 0.0279. The van der Waals surface area contributed by atoms with Gasteiger partial charge >= 0.3 is 6.18 Å². The maximum absolute atomic E-state index is 13.1. The molecule has 0 radical (unpaired) electrons. The van der Waals surface area contributed by atoms with Crippen LogP contribution < -0.4 is 9.64 Å². The van der Waals surface area contributed by atoms with Crippen molar-refractivity contribution in [3.63, 3.8) is 0 Å². The molecular weight excluding hydrogens is 463 g/mol. The van der Waals surface area contributed by atoms with E-state index < -0.39 is 18.3 Å². The Morgan fingerprint density at radius 3 is 2.46 bits per heavy atom. The van der Waals surface area contributed by atoms with Crippen LogP contribution in [-0.4, -0.2) is 75.2 Å². The summed E-state index contributed by atoms with van der Waals surface area (Å²) in [4.78, 5) is 31.2. The molecule has 2 aromatic rings. The van der Waals surface area contributed by atoms with Crippen molar-refractivity contribution < 1.29 is 32.2 Å². The quantitative estimate of drug-likeness (QED) is 0.639. The highest BCUT2D eigenvalue weighted by Gasteiger charge is 2.30. The molecule has 0 unspecified atom stereocenters. The number of benzene rings is 2. The van der Waals surface area contributed by atoms with Gasteiger partial charge in [0, 0.05) is 39.0 Å². The summed E-state index contributed by atoms with van der Waals surface area (Å²) < 4.78 is 49.5. The lowest BCUT2D eigenvalue weighted by Gasteiger charge is -2.27. The Kier molecular flexibility index (Phi) is 9.11. The molecule has 0 spiro atoms. The molecule has 2 aromatic carbocycles. The molecule has 0 bridgehead atoms. The van der Waals surface area contributed by atoms with Crippen molar-refractivity contribution in [2.24, 2.45) is 0 Å². The van der Waals surface area contributed by atoms with E-state index in [2.05, 4.69) is 4.90 Å². The molecule has 1 aliphatic heterocycles. The first kappa shape index (κ1) is 26.5. The van der Waals surface area contributed by atoms with Crippen LogP contribution in [-0.2, 0) is 27.0 Å². The van der Waals surface area contributed by atoms with Crippen molar-refractivity contribution in [2.75, 3.05) is 58.5 Å². The largest absolute Gasteiger partial charge is 0.484 e. The van der Waals surface area contributed by atoms with E-state index in [0.717, 1.165) is 30.7 Å². The fourth-order valence-electron chi connectivity index (χ4n) is 3.89. The van der Waals surface area contributed by atoms with E-state index in [1.165, 1.54) is 19.2 Å². The summed E-state index contributed by atoms with van der Waals surface area (Å²) >= 11 is 0. The predicted octanol–water partition coefficient (Wildman–Crippen LogP) is 3.43. The minimum Gasteiger partial charge on any atom is -0.484 e. The zero-order chi connectivity index (χ0) is 25.4. The van der Waals surface area contributed by atoms with E-state index >= 15 is 0 Å². The smallest absolute Gasteiger partial charge is 0.416 e. The van der Waals surface area contributed by atoms with Gasteiger partial charge in [-0.2, -0.15) is 13.2 Å². The molecule has 1 aliphatic rings. The molecule has 0 aromatic heterocycles. The second-order valence-corrected chi connectivity index (χ2v) is 8.39. The van der Waals surface area contributed by atoms with E-state index in [-0.39, 0.29) is 30.7 Å². The lowest BCUT2D eigenvalue weighted by atomic mass is 10.1. The number of halogens is 3. The van der Waals surface area contributed by atoms with Crippen LogP contribution in [0.3, 0.4) is 0 Å². The molecule has 0 saturated carbocycles. The number of fused-ring (bicyclic) bond motifs is 1. The molecule has 1 heterocycles. The van der Waals surface area contributed by atoms with Crippen LogP contribution in [0.1, 0.15) is 17.5 Å². The summed E-state index contributed by atoms with van der Waals surface area (Å²) in [5, 5.41) is 0. The number of alkyl halides is 3. The van der Waals surface area contributed by atoms with Crippen LogP contribution in [0, 0.1) is 0 Å². The van der Waals surface area contributed by atoms with Gasteiger partial charge in [-0.3, -0.25) is 9.59 Å². The van der Waals surface area contributed by atoms with E-state index in [4.69, 9.17) is 9.47 Å². The van der Waals surface area contributed by atoms with E-state index in [0.29, 0.717) is 25.3 Å². The zero-order valence-electron chi connectivity index (χ0n) is 19.9. The Morgan fingerprint density at radius 2 is 1.71 bits per heavy atom. The van der Waals surface area contributed by atoms with Gasteiger partial charge in [-0.15, -0.1) is 0 Å². The summed E-state index contributed by atoms with van der Waals surface area (Å²) in [5.41, 5.74) is 0.652. The van der Waals surface area contributed by atoms with Crippen molar-refractivity contribution >= 4 is 17.5 Å². The molecule has 0 fully saturated rings. The first-order valence-corrected chi connectivity index (χ1v) is 11.3. The number of carbonyl (C=O) groups excluding carboxylic acids is 2. The lowest BCUT2D eigenvalue weighted by Crippen LogP contribution is -2.39. The lowest BCUT2D eigenvalue weighted by molar-refractivity contribution is -0.137. The molecule has 10 heteroatoms. The van der Waals surface area contributed by atoms with Crippen LogP contribution >= 0.6 is 0 Å². The molecule has 7 nitrogen and oxygen atoms in total. The van der Waals surface area contributed by atoms with Crippen LogP contribution in [0.2, 0.25) is 0 Å². The topological polar surface area (TPSA) is 62.3 Å². The number of anilines is 1.